The van der Waals surface area contributed by atoms with Crippen LogP contribution in [-0.2, 0) is 14.6 Å². The van der Waals surface area contributed by atoms with Crippen LogP contribution in [-0.4, -0.2) is 42.4 Å². The molecule has 5 rings (SSSR count). The van der Waals surface area contributed by atoms with E-state index in [-0.39, 0.29) is 34.2 Å². The number of ether oxygens (including phenoxy) is 2. The van der Waals surface area contributed by atoms with Crippen molar-refractivity contribution in [2.45, 2.75) is 23.7 Å². The van der Waals surface area contributed by atoms with Crippen molar-refractivity contribution in [3.05, 3.63) is 83.6 Å². The molecule has 7 nitrogen and oxygen atoms in total. The number of pyridine rings is 1. The number of hydrogen-bond donors (Lipinski definition) is 1. The Kier molecular flexibility index (Phi) is 5.78. The smallest absolute Gasteiger partial charge is 0.387 e. The Bertz CT molecular complexity index is 1520. The van der Waals surface area contributed by atoms with Gasteiger partial charge in [-0.1, -0.05) is 30.3 Å². The summed E-state index contributed by atoms with van der Waals surface area (Å²) in [5.41, 5.74) is 1.62. The molecule has 0 fully saturated rings. The molecule has 11 heteroatoms. The molecule has 1 aliphatic rings. The van der Waals surface area contributed by atoms with Crippen LogP contribution in [0.15, 0.2) is 65.7 Å². The molecule has 0 aliphatic carbocycles. The summed E-state index contributed by atoms with van der Waals surface area (Å²) in [6, 6.07) is 13.0. The van der Waals surface area contributed by atoms with Crippen LogP contribution < -0.4 is 4.74 Å². The molecule has 0 radical (unpaired) electrons. The zero-order chi connectivity index (χ0) is 24.9. The number of aliphatic hydroxyl groups excluding tert-OH is 1. The Hall–Kier alpha value is -3.41. The van der Waals surface area contributed by atoms with Gasteiger partial charge in [-0.2, -0.15) is 8.78 Å². The van der Waals surface area contributed by atoms with E-state index in [0.717, 1.165) is 6.26 Å². The van der Waals surface area contributed by atoms with Gasteiger partial charge in [-0.15, -0.1) is 0 Å². The Balaban J connectivity index is 1.68. The van der Waals surface area contributed by atoms with E-state index in [4.69, 9.17) is 4.74 Å². The monoisotopic (exact) mass is 504 g/mol. The average Bonchev–Trinajstić information content (AvgIpc) is 3.18. The molecule has 182 valence electrons. The molecular weight excluding hydrogens is 485 g/mol. The summed E-state index contributed by atoms with van der Waals surface area (Å²) in [6.07, 6.45) is 0.499. The van der Waals surface area contributed by atoms with E-state index in [1.165, 1.54) is 47.0 Å². The number of halogens is 3. The minimum atomic E-state index is -3.43. The van der Waals surface area contributed by atoms with Crippen LogP contribution in [0.4, 0.5) is 13.2 Å². The normalized spacial score (nSPS) is 18.1. The van der Waals surface area contributed by atoms with Crippen molar-refractivity contribution in [1.29, 1.82) is 0 Å². The van der Waals surface area contributed by atoms with Crippen molar-refractivity contribution >= 4 is 15.5 Å². The van der Waals surface area contributed by atoms with Gasteiger partial charge in [0, 0.05) is 29.6 Å². The standard InChI is InChI=1S/C24H19F3N2O5S/c1-35(31,32)14-8-6-13(7-9-14)16-11-29-20(10-17(16)25)28-21-18(30)12-33-23(22(21)29)15-4-2-3-5-19(15)34-24(26)27/h2-11,18,23-24,30H,12H2,1H3/t18-,23-/m1/s1. The third kappa shape index (κ3) is 4.26. The second kappa shape index (κ2) is 8.67. The van der Waals surface area contributed by atoms with Crippen LogP contribution in [0, 0.1) is 5.82 Å². The van der Waals surface area contributed by atoms with Gasteiger partial charge in [0.15, 0.2) is 9.84 Å². The fourth-order valence-electron chi connectivity index (χ4n) is 4.18. The summed E-state index contributed by atoms with van der Waals surface area (Å²) in [4.78, 5) is 4.46. The lowest BCUT2D eigenvalue weighted by Gasteiger charge is -2.28. The summed E-state index contributed by atoms with van der Waals surface area (Å²) in [5, 5.41) is 10.5. The van der Waals surface area contributed by atoms with Gasteiger partial charge >= 0.3 is 6.61 Å². The molecule has 35 heavy (non-hydrogen) atoms. The van der Waals surface area contributed by atoms with E-state index in [0.29, 0.717) is 16.8 Å². The Morgan fingerprint density at radius 1 is 1.17 bits per heavy atom. The predicted octanol–water partition coefficient (Wildman–Crippen LogP) is 4.30. The van der Waals surface area contributed by atoms with Crippen molar-refractivity contribution in [3.8, 4) is 16.9 Å². The SMILES string of the molecule is CS(=O)(=O)c1ccc(-c2cn3c4c(nc3cc2F)[C@H](O)CO[C@@H]4c2ccccc2OC(F)F)cc1. The van der Waals surface area contributed by atoms with Gasteiger partial charge < -0.3 is 14.6 Å². The molecule has 1 aliphatic heterocycles. The highest BCUT2D eigenvalue weighted by Gasteiger charge is 2.35. The van der Waals surface area contributed by atoms with Crippen LogP contribution in [0.1, 0.15) is 29.2 Å². The fraction of sp³-hybridized carbons (Fsp3) is 0.208. The fourth-order valence-corrected chi connectivity index (χ4v) is 4.81. The van der Waals surface area contributed by atoms with Crippen molar-refractivity contribution in [1.82, 2.24) is 9.38 Å². The largest absolute Gasteiger partial charge is 0.434 e. The number of imidazole rings is 1. The van der Waals surface area contributed by atoms with Crippen LogP contribution in [0.5, 0.6) is 5.75 Å². The first kappa shape index (κ1) is 23.3. The quantitative estimate of drug-likeness (QED) is 0.436. The lowest BCUT2D eigenvalue weighted by molar-refractivity contribution is -0.0548. The van der Waals surface area contributed by atoms with Gasteiger partial charge in [-0.3, -0.25) is 4.40 Å². The van der Waals surface area contributed by atoms with Crippen molar-refractivity contribution in [3.63, 3.8) is 0 Å². The molecule has 2 aromatic heterocycles. The van der Waals surface area contributed by atoms with E-state index in [1.54, 1.807) is 18.2 Å². The molecule has 0 unspecified atom stereocenters. The first-order valence-electron chi connectivity index (χ1n) is 10.5. The van der Waals surface area contributed by atoms with Crippen molar-refractivity contribution in [2.75, 3.05) is 12.9 Å². The second-order valence-corrected chi connectivity index (χ2v) is 10.1. The number of fused-ring (bicyclic) bond motifs is 3. The number of aromatic nitrogens is 2. The van der Waals surface area contributed by atoms with Crippen LogP contribution in [0.25, 0.3) is 16.8 Å². The van der Waals surface area contributed by atoms with Gasteiger partial charge in [-0.05, 0) is 23.8 Å². The van der Waals surface area contributed by atoms with E-state index in [1.807, 2.05) is 0 Å². The summed E-state index contributed by atoms with van der Waals surface area (Å²) in [5.74, 6) is -0.705. The van der Waals surface area contributed by atoms with Gasteiger partial charge in [0.2, 0.25) is 0 Å². The number of hydrogen-bond acceptors (Lipinski definition) is 6. The Labute approximate surface area is 198 Å². The molecule has 4 aromatic rings. The first-order valence-corrected chi connectivity index (χ1v) is 12.4. The lowest BCUT2D eigenvalue weighted by Crippen LogP contribution is -2.23. The lowest BCUT2D eigenvalue weighted by atomic mass is 9.99. The number of nitrogens with zero attached hydrogens (tertiary/aromatic N) is 2. The number of rotatable bonds is 5. The van der Waals surface area contributed by atoms with Crippen LogP contribution >= 0.6 is 0 Å². The minimum Gasteiger partial charge on any atom is -0.434 e. The Morgan fingerprint density at radius 2 is 1.89 bits per heavy atom. The summed E-state index contributed by atoms with van der Waals surface area (Å²) < 4.78 is 76.6. The number of benzene rings is 2. The van der Waals surface area contributed by atoms with Crippen LogP contribution in [0.3, 0.4) is 0 Å². The third-order valence-electron chi connectivity index (χ3n) is 5.77. The minimum absolute atomic E-state index is 0.0926. The van der Waals surface area contributed by atoms with Gasteiger partial charge in [0.25, 0.3) is 0 Å². The van der Waals surface area contributed by atoms with E-state index in [9.17, 15) is 22.3 Å². The highest BCUT2D eigenvalue weighted by Crippen LogP contribution is 2.41. The zero-order valence-electron chi connectivity index (χ0n) is 18.2. The highest BCUT2D eigenvalue weighted by atomic mass is 32.2. The zero-order valence-corrected chi connectivity index (χ0v) is 19.0. The molecule has 0 saturated carbocycles. The highest BCUT2D eigenvalue weighted by molar-refractivity contribution is 7.90. The number of para-hydroxylation sites is 1. The predicted molar refractivity (Wildman–Crippen MR) is 120 cm³/mol. The number of aliphatic hydroxyl groups is 1. The van der Waals surface area contributed by atoms with E-state index in [2.05, 4.69) is 9.72 Å². The molecule has 0 bridgehead atoms. The molecule has 0 amide bonds. The maximum absolute atomic E-state index is 15.1. The number of alkyl halides is 2. The van der Waals surface area contributed by atoms with E-state index >= 15 is 4.39 Å². The topological polar surface area (TPSA) is 90.1 Å². The maximum Gasteiger partial charge on any atom is 0.387 e. The van der Waals surface area contributed by atoms with Crippen molar-refractivity contribution in [2.24, 2.45) is 0 Å². The Morgan fingerprint density at radius 3 is 2.57 bits per heavy atom. The van der Waals surface area contributed by atoms with Crippen LogP contribution in [0.2, 0.25) is 0 Å². The molecular formula is C24H19F3N2O5S. The molecule has 3 heterocycles. The summed E-state index contributed by atoms with van der Waals surface area (Å²) >= 11 is 0. The second-order valence-electron chi connectivity index (χ2n) is 8.09. The summed E-state index contributed by atoms with van der Waals surface area (Å²) in [7, 11) is -3.43. The third-order valence-corrected chi connectivity index (χ3v) is 6.90. The average molecular weight is 504 g/mol. The van der Waals surface area contributed by atoms with Gasteiger partial charge in [-0.25, -0.2) is 17.8 Å². The molecule has 1 N–H and O–H groups in total. The number of sulfone groups is 1. The van der Waals surface area contributed by atoms with E-state index < -0.39 is 34.5 Å². The van der Waals surface area contributed by atoms with Crippen molar-refractivity contribution < 1.29 is 36.2 Å². The maximum atomic E-state index is 15.1. The first-order chi connectivity index (χ1) is 16.6. The van der Waals surface area contributed by atoms with Gasteiger partial charge in [0.05, 0.1) is 22.9 Å². The molecule has 2 atom stereocenters. The molecule has 2 aromatic carbocycles. The summed E-state index contributed by atoms with van der Waals surface area (Å²) in [6.45, 7) is -3.20. The molecule has 0 spiro atoms. The molecule has 0 saturated heterocycles. The van der Waals surface area contributed by atoms with Gasteiger partial charge in [0.1, 0.15) is 29.4 Å².